The van der Waals surface area contributed by atoms with Gasteiger partial charge in [-0.05, 0) is 40.3 Å². The maximum Gasteiger partial charge on any atom is 0.573 e. The molecule has 8 heteroatoms. The third kappa shape index (κ3) is 6.15. The molecule has 3 aromatic carbocycles. The molecule has 0 radical (unpaired) electrons. The Labute approximate surface area is 195 Å². The number of carbonyl (C=O) groups excluding carboxylic acids is 1. The largest absolute Gasteiger partial charge is 0.573 e. The third-order valence-corrected chi connectivity index (χ3v) is 5.19. The van der Waals surface area contributed by atoms with E-state index in [0.717, 1.165) is 16.0 Å². The van der Waals surface area contributed by atoms with Crippen LogP contribution in [-0.2, 0) is 21.5 Å². The van der Waals surface area contributed by atoms with E-state index in [1.165, 1.54) is 42.5 Å². The van der Waals surface area contributed by atoms with Gasteiger partial charge in [-0.15, -0.1) is 13.2 Å². The number of alkyl halides is 3. The molecular weight excluding hydrogens is 447 g/mol. The van der Waals surface area contributed by atoms with E-state index in [1.807, 2.05) is 24.3 Å². The average molecular weight is 471 g/mol. The molecule has 34 heavy (non-hydrogen) atoms. The van der Waals surface area contributed by atoms with Crippen molar-refractivity contribution in [2.24, 2.45) is 0 Å². The van der Waals surface area contributed by atoms with Gasteiger partial charge in [-0.3, -0.25) is 9.69 Å². The fraction of sp³-hybridized carbons (Fsp3) is 0.231. The standard InChI is InChI=1S/C26H24F3NO4/c1-25(2,3)19-12-8-17(9-13-19)16-30(23(31)24(32)33)20-14-10-18(11-15-20)21-6-4-5-7-22(21)34-26(27,28)29/h4-15H,16H2,1-3H3,(H,32,33). The second-order valence-corrected chi connectivity index (χ2v) is 8.73. The van der Waals surface area contributed by atoms with Crippen LogP contribution in [-0.4, -0.2) is 23.3 Å². The Kier molecular flexibility index (Phi) is 7.00. The smallest absolute Gasteiger partial charge is 0.474 e. The normalized spacial score (nSPS) is 11.7. The topological polar surface area (TPSA) is 66.8 Å². The molecule has 1 N–H and O–H groups in total. The molecular formula is C26H24F3NO4. The van der Waals surface area contributed by atoms with Gasteiger partial charge in [0.05, 0.1) is 6.54 Å². The number of amides is 1. The summed E-state index contributed by atoms with van der Waals surface area (Å²) in [4.78, 5) is 25.0. The Morgan fingerprint density at radius 1 is 0.882 bits per heavy atom. The predicted molar refractivity (Wildman–Crippen MR) is 123 cm³/mol. The van der Waals surface area contributed by atoms with Crippen molar-refractivity contribution in [1.29, 1.82) is 0 Å². The molecule has 0 atom stereocenters. The molecule has 0 aromatic heterocycles. The van der Waals surface area contributed by atoms with Gasteiger partial charge in [-0.25, -0.2) is 4.79 Å². The van der Waals surface area contributed by atoms with Crippen LogP contribution >= 0.6 is 0 Å². The second kappa shape index (κ2) is 9.59. The van der Waals surface area contributed by atoms with Crippen molar-refractivity contribution in [2.75, 3.05) is 4.90 Å². The number of nitrogens with zero attached hydrogens (tertiary/aromatic N) is 1. The number of hydrogen-bond acceptors (Lipinski definition) is 3. The van der Waals surface area contributed by atoms with Gasteiger partial charge in [-0.2, -0.15) is 0 Å². The number of carbonyl (C=O) groups is 2. The summed E-state index contributed by atoms with van der Waals surface area (Å²) in [7, 11) is 0. The van der Waals surface area contributed by atoms with Gasteiger partial charge >= 0.3 is 18.2 Å². The van der Waals surface area contributed by atoms with E-state index in [-0.39, 0.29) is 23.3 Å². The maximum atomic E-state index is 12.7. The molecule has 5 nitrogen and oxygen atoms in total. The minimum Gasteiger partial charge on any atom is -0.474 e. The third-order valence-electron chi connectivity index (χ3n) is 5.19. The summed E-state index contributed by atoms with van der Waals surface area (Å²) in [5.41, 5.74) is 2.69. The first kappa shape index (κ1) is 24.8. The van der Waals surface area contributed by atoms with Crippen LogP contribution < -0.4 is 9.64 Å². The van der Waals surface area contributed by atoms with E-state index < -0.39 is 18.2 Å². The number of ether oxygens (including phenoxy) is 1. The van der Waals surface area contributed by atoms with Crippen LogP contribution in [0.25, 0.3) is 11.1 Å². The van der Waals surface area contributed by atoms with Gasteiger partial charge in [0.25, 0.3) is 0 Å². The van der Waals surface area contributed by atoms with Crippen molar-refractivity contribution in [3.05, 3.63) is 83.9 Å². The van der Waals surface area contributed by atoms with Crippen molar-refractivity contribution in [3.8, 4) is 16.9 Å². The van der Waals surface area contributed by atoms with Crippen molar-refractivity contribution in [2.45, 2.75) is 39.1 Å². The van der Waals surface area contributed by atoms with Crippen LogP contribution in [0.2, 0.25) is 0 Å². The summed E-state index contributed by atoms with van der Waals surface area (Å²) in [5, 5.41) is 9.31. The van der Waals surface area contributed by atoms with Gasteiger partial charge in [-0.1, -0.05) is 75.4 Å². The summed E-state index contributed by atoms with van der Waals surface area (Å²) < 4.78 is 42.3. The molecule has 178 valence electrons. The molecule has 0 saturated heterocycles. The quantitative estimate of drug-likeness (QED) is 0.452. The first-order valence-electron chi connectivity index (χ1n) is 10.4. The molecule has 0 saturated carbocycles. The first-order chi connectivity index (χ1) is 15.8. The summed E-state index contributed by atoms with van der Waals surface area (Å²) in [6.45, 7) is 6.23. The number of carboxylic acids is 1. The lowest BCUT2D eigenvalue weighted by molar-refractivity contribution is -0.274. The molecule has 0 fully saturated rings. The molecule has 0 unspecified atom stereocenters. The van der Waals surface area contributed by atoms with Gasteiger partial charge < -0.3 is 9.84 Å². The van der Waals surface area contributed by atoms with Crippen LogP contribution in [0.3, 0.4) is 0 Å². The zero-order valence-corrected chi connectivity index (χ0v) is 18.9. The Hall–Kier alpha value is -3.81. The lowest BCUT2D eigenvalue weighted by Gasteiger charge is -2.23. The number of hydrogen-bond donors (Lipinski definition) is 1. The molecule has 0 heterocycles. The van der Waals surface area contributed by atoms with Crippen molar-refractivity contribution in [1.82, 2.24) is 0 Å². The first-order valence-corrected chi connectivity index (χ1v) is 10.4. The Morgan fingerprint density at radius 2 is 1.47 bits per heavy atom. The van der Waals surface area contributed by atoms with Crippen LogP contribution in [0.5, 0.6) is 5.75 Å². The second-order valence-electron chi connectivity index (χ2n) is 8.73. The van der Waals surface area contributed by atoms with E-state index in [4.69, 9.17) is 0 Å². The average Bonchev–Trinajstić information content (AvgIpc) is 2.76. The lowest BCUT2D eigenvalue weighted by Crippen LogP contribution is -2.36. The number of rotatable bonds is 5. The summed E-state index contributed by atoms with van der Waals surface area (Å²) in [6, 6.07) is 19.2. The Morgan fingerprint density at radius 3 is 2.00 bits per heavy atom. The molecule has 0 aliphatic rings. The van der Waals surface area contributed by atoms with E-state index in [9.17, 15) is 27.9 Å². The zero-order chi connectivity index (χ0) is 25.1. The number of aliphatic carboxylic acids is 1. The van der Waals surface area contributed by atoms with Gasteiger partial charge in [0, 0.05) is 11.3 Å². The van der Waals surface area contributed by atoms with Crippen LogP contribution in [0.15, 0.2) is 72.8 Å². The Bertz CT molecular complexity index is 1160. The van der Waals surface area contributed by atoms with Gasteiger partial charge in [0.15, 0.2) is 0 Å². The van der Waals surface area contributed by atoms with Gasteiger partial charge in [0.2, 0.25) is 0 Å². The molecule has 3 rings (SSSR count). The van der Waals surface area contributed by atoms with Crippen LogP contribution in [0.1, 0.15) is 31.9 Å². The highest BCUT2D eigenvalue weighted by Gasteiger charge is 2.32. The summed E-state index contributed by atoms with van der Waals surface area (Å²) in [6.07, 6.45) is -4.84. The van der Waals surface area contributed by atoms with Gasteiger partial charge in [0.1, 0.15) is 5.75 Å². The molecule has 0 aliphatic heterocycles. The molecule has 0 spiro atoms. The molecule has 1 amide bonds. The SMILES string of the molecule is CC(C)(C)c1ccc(CN(C(=O)C(=O)O)c2ccc(-c3ccccc3OC(F)(F)F)cc2)cc1. The number of benzene rings is 3. The zero-order valence-electron chi connectivity index (χ0n) is 18.9. The fourth-order valence-electron chi connectivity index (χ4n) is 3.43. The maximum absolute atomic E-state index is 12.7. The number of carboxylic acid groups (broad SMARTS) is 1. The number of halogens is 3. The molecule has 0 aliphatic carbocycles. The van der Waals surface area contributed by atoms with E-state index in [2.05, 4.69) is 25.5 Å². The number of anilines is 1. The van der Waals surface area contributed by atoms with E-state index in [0.29, 0.717) is 11.3 Å². The predicted octanol–water partition coefficient (Wildman–Crippen LogP) is 6.17. The molecule has 3 aromatic rings. The van der Waals surface area contributed by atoms with Crippen LogP contribution in [0.4, 0.5) is 18.9 Å². The molecule has 0 bridgehead atoms. The Balaban J connectivity index is 1.91. The van der Waals surface area contributed by atoms with E-state index in [1.54, 1.807) is 6.07 Å². The van der Waals surface area contributed by atoms with Crippen molar-refractivity contribution >= 4 is 17.6 Å². The monoisotopic (exact) mass is 471 g/mol. The minimum absolute atomic E-state index is 0.0165. The highest BCUT2D eigenvalue weighted by atomic mass is 19.4. The summed E-state index contributed by atoms with van der Waals surface area (Å²) in [5.74, 6) is -3.09. The lowest BCUT2D eigenvalue weighted by atomic mass is 9.87. The fourth-order valence-corrected chi connectivity index (χ4v) is 3.43. The number of para-hydroxylation sites is 1. The van der Waals surface area contributed by atoms with E-state index >= 15 is 0 Å². The van der Waals surface area contributed by atoms with Crippen LogP contribution in [0, 0.1) is 0 Å². The highest BCUT2D eigenvalue weighted by molar-refractivity contribution is 6.37. The van der Waals surface area contributed by atoms with Crippen molar-refractivity contribution in [3.63, 3.8) is 0 Å². The minimum atomic E-state index is -4.84. The highest BCUT2D eigenvalue weighted by Crippen LogP contribution is 2.34. The van der Waals surface area contributed by atoms with Crippen molar-refractivity contribution < 1.29 is 32.6 Å². The summed E-state index contributed by atoms with van der Waals surface area (Å²) >= 11 is 0.